The number of nitrogens with zero attached hydrogens (tertiary/aromatic N) is 4. The standard InChI is InChI=1S/C32H40N4O12S2/c37-28-7-8-29(49(39,40)41)26-6-5-23(33-30(26)28)21-35-9-13-45-17-19-47-15-11-36(12-16-48-20-18-46-14-10-35)22-27-31(50(42,43)44)24-3-1-2-4-25(24)32(38)34-27/h1-8,37H,9-22H2,(H,34,38)(H,39,40,41)(H,42,43,44). The zero-order valence-electron chi connectivity index (χ0n) is 27.2. The van der Waals surface area contributed by atoms with Crippen LogP contribution in [-0.2, 0) is 52.3 Å². The van der Waals surface area contributed by atoms with Crippen LogP contribution in [0.4, 0.5) is 0 Å². The summed E-state index contributed by atoms with van der Waals surface area (Å²) in [6, 6.07) is 11.7. The fourth-order valence-corrected chi connectivity index (χ4v) is 7.14. The van der Waals surface area contributed by atoms with Gasteiger partial charge in [0.25, 0.3) is 20.2 Å². The molecule has 18 heteroatoms. The Balaban J connectivity index is 1.20. The summed E-state index contributed by atoms with van der Waals surface area (Å²) in [6.45, 7) is 4.57. The third-order valence-corrected chi connectivity index (χ3v) is 9.90. The highest BCUT2D eigenvalue weighted by Crippen LogP contribution is 2.32. The number of hydrogen-bond donors (Lipinski definition) is 4. The Morgan fingerprint density at radius 1 is 0.600 bits per heavy atom. The number of phenols is 1. The molecule has 1 aliphatic heterocycles. The molecule has 5 rings (SSSR count). The van der Waals surface area contributed by atoms with Crippen molar-refractivity contribution in [3.8, 4) is 11.6 Å². The SMILES string of the molecule is O=S(=O)(O)c1c(CN2CCOCCOCCN(Cc3ccc4c(S(=O)(=O)O)ccc(O)c4n3)CCOCCOCC2)nc(O)c2ccccc12. The zero-order chi connectivity index (χ0) is 35.7. The third-order valence-electron chi connectivity index (χ3n) is 8.02. The lowest BCUT2D eigenvalue weighted by molar-refractivity contribution is 0.00590. The van der Waals surface area contributed by atoms with E-state index in [-0.39, 0.29) is 68.5 Å². The van der Waals surface area contributed by atoms with Crippen molar-refractivity contribution in [1.82, 2.24) is 19.8 Å². The van der Waals surface area contributed by atoms with Crippen molar-refractivity contribution in [2.45, 2.75) is 22.9 Å². The predicted octanol–water partition coefficient (Wildman–Crippen LogP) is 2.07. The molecule has 0 aliphatic carbocycles. The second-order valence-corrected chi connectivity index (χ2v) is 14.2. The molecule has 0 atom stereocenters. The van der Waals surface area contributed by atoms with Gasteiger partial charge in [0.15, 0.2) is 0 Å². The maximum absolute atomic E-state index is 12.4. The first-order valence-electron chi connectivity index (χ1n) is 15.8. The smallest absolute Gasteiger partial charge is 0.297 e. The molecular weight excluding hydrogens is 697 g/mol. The Bertz CT molecular complexity index is 1980. The van der Waals surface area contributed by atoms with E-state index >= 15 is 0 Å². The number of aromatic nitrogens is 2. The maximum atomic E-state index is 12.4. The van der Waals surface area contributed by atoms with E-state index in [1.807, 2.05) is 9.80 Å². The Hall–Kier alpha value is -3.56. The molecule has 0 amide bonds. The quantitative estimate of drug-likeness (QED) is 0.208. The van der Waals surface area contributed by atoms with Crippen molar-refractivity contribution in [3.05, 3.63) is 59.9 Å². The summed E-state index contributed by atoms with van der Waals surface area (Å²) in [7, 11) is -9.18. The molecule has 3 heterocycles. The van der Waals surface area contributed by atoms with Crippen molar-refractivity contribution in [2.24, 2.45) is 0 Å². The largest absolute Gasteiger partial charge is 0.506 e. The molecule has 4 aromatic rings. The fourth-order valence-electron chi connectivity index (χ4n) is 5.59. The number of rotatable bonds is 6. The third kappa shape index (κ3) is 10.0. The van der Waals surface area contributed by atoms with Crippen LogP contribution in [0.3, 0.4) is 0 Å². The first-order chi connectivity index (χ1) is 23.9. The molecule has 0 unspecified atom stereocenters. The van der Waals surface area contributed by atoms with Gasteiger partial charge < -0.3 is 29.2 Å². The molecule has 50 heavy (non-hydrogen) atoms. The van der Waals surface area contributed by atoms with Gasteiger partial charge in [-0.2, -0.15) is 16.8 Å². The molecule has 0 radical (unpaired) electrons. The summed E-state index contributed by atoms with van der Waals surface area (Å²) in [5.41, 5.74) is 0.627. The van der Waals surface area contributed by atoms with Gasteiger partial charge in [0.2, 0.25) is 5.88 Å². The van der Waals surface area contributed by atoms with Crippen LogP contribution in [0, 0.1) is 0 Å². The lowest BCUT2D eigenvalue weighted by Gasteiger charge is -2.24. The van der Waals surface area contributed by atoms with E-state index in [9.17, 15) is 36.2 Å². The highest BCUT2D eigenvalue weighted by atomic mass is 32.2. The molecule has 0 saturated carbocycles. The summed E-state index contributed by atoms with van der Waals surface area (Å²) in [5, 5.41) is 21.3. The molecule has 16 nitrogen and oxygen atoms in total. The van der Waals surface area contributed by atoms with Crippen molar-refractivity contribution in [3.63, 3.8) is 0 Å². The summed E-state index contributed by atoms with van der Waals surface area (Å²) in [5.74, 6) is -0.553. The summed E-state index contributed by atoms with van der Waals surface area (Å²) < 4.78 is 91.2. The van der Waals surface area contributed by atoms with Crippen molar-refractivity contribution in [1.29, 1.82) is 0 Å². The van der Waals surface area contributed by atoms with Crippen LogP contribution < -0.4 is 0 Å². The summed E-state index contributed by atoms with van der Waals surface area (Å²) in [6.07, 6.45) is 0. The average molecular weight is 737 g/mol. The zero-order valence-corrected chi connectivity index (χ0v) is 28.8. The fraction of sp³-hybridized carbons (Fsp3) is 0.438. The molecule has 1 aliphatic rings. The minimum absolute atomic E-state index is 0.000563. The Morgan fingerprint density at radius 3 is 1.68 bits per heavy atom. The van der Waals surface area contributed by atoms with Gasteiger partial charge in [-0.15, -0.1) is 0 Å². The molecule has 1 fully saturated rings. The van der Waals surface area contributed by atoms with E-state index < -0.39 is 20.2 Å². The lowest BCUT2D eigenvalue weighted by Crippen LogP contribution is -2.33. The van der Waals surface area contributed by atoms with Crippen LogP contribution in [-0.4, -0.2) is 135 Å². The monoisotopic (exact) mass is 736 g/mol. The summed E-state index contributed by atoms with van der Waals surface area (Å²) in [4.78, 5) is 11.8. The van der Waals surface area contributed by atoms with Crippen LogP contribution in [0.1, 0.15) is 11.4 Å². The summed E-state index contributed by atoms with van der Waals surface area (Å²) >= 11 is 0. The van der Waals surface area contributed by atoms with E-state index in [2.05, 4.69) is 9.97 Å². The Morgan fingerprint density at radius 2 is 1.14 bits per heavy atom. The molecule has 0 spiro atoms. The number of fused-ring (bicyclic) bond motifs is 2. The van der Waals surface area contributed by atoms with Gasteiger partial charge >= 0.3 is 0 Å². The molecule has 2 aromatic carbocycles. The maximum Gasteiger partial charge on any atom is 0.297 e. The van der Waals surface area contributed by atoms with Crippen molar-refractivity contribution < 1.29 is 55.1 Å². The lowest BCUT2D eigenvalue weighted by atomic mass is 10.1. The predicted molar refractivity (Wildman–Crippen MR) is 180 cm³/mol. The average Bonchev–Trinajstić information content (AvgIpc) is 3.05. The van der Waals surface area contributed by atoms with Gasteiger partial charge in [0, 0.05) is 55.4 Å². The topological polar surface area (TPSA) is 218 Å². The number of benzene rings is 2. The Labute approximate surface area is 289 Å². The first kappa shape index (κ1) is 37.7. The Kier molecular flexibility index (Phi) is 12.9. The second kappa shape index (κ2) is 17.1. The minimum Gasteiger partial charge on any atom is -0.506 e. The number of pyridine rings is 2. The van der Waals surface area contributed by atoms with E-state index in [0.717, 1.165) is 6.07 Å². The van der Waals surface area contributed by atoms with E-state index in [1.165, 1.54) is 24.3 Å². The molecular formula is C32H40N4O12S2. The van der Waals surface area contributed by atoms with Gasteiger partial charge in [-0.3, -0.25) is 18.9 Å². The van der Waals surface area contributed by atoms with Crippen LogP contribution in [0.25, 0.3) is 21.7 Å². The van der Waals surface area contributed by atoms with Crippen LogP contribution in [0.2, 0.25) is 0 Å². The highest BCUT2D eigenvalue weighted by molar-refractivity contribution is 7.86. The molecule has 272 valence electrons. The number of phenolic OH excluding ortho intramolecular Hbond substituents is 1. The molecule has 2 aromatic heterocycles. The van der Waals surface area contributed by atoms with Crippen molar-refractivity contribution >= 4 is 41.9 Å². The second-order valence-electron chi connectivity index (χ2n) is 11.5. The van der Waals surface area contributed by atoms with Gasteiger partial charge in [0.05, 0.1) is 64.2 Å². The van der Waals surface area contributed by atoms with Gasteiger partial charge in [-0.25, -0.2) is 9.97 Å². The van der Waals surface area contributed by atoms with Crippen LogP contribution >= 0.6 is 0 Å². The molecule has 1 saturated heterocycles. The minimum atomic E-state index is -4.67. The molecule has 4 N–H and O–H groups in total. The van der Waals surface area contributed by atoms with Gasteiger partial charge in [-0.1, -0.05) is 18.2 Å². The van der Waals surface area contributed by atoms with E-state index in [0.29, 0.717) is 78.1 Å². The molecule has 0 bridgehead atoms. The van der Waals surface area contributed by atoms with Gasteiger partial charge in [0.1, 0.15) is 21.1 Å². The highest BCUT2D eigenvalue weighted by Gasteiger charge is 2.25. The van der Waals surface area contributed by atoms with Gasteiger partial charge in [-0.05, 0) is 30.3 Å². The van der Waals surface area contributed by atoms with E-state index in [1.54, 1.807) is 18.2 Å². The van der Waals surface area contributed by atoms with E-state index in [4.69, 9.17) is 18.9 Å². The number of ether oxygens (including phenoxy) is 4. The first-order valence-corrected chi connectivity index (χ1v) is 18.7. The van der Waals surface area contributed by atoms with Crippen LogP contribution in [0.15, 0.2) is 58.3 Å². The number of aromatic hydroxyl groups is 2. The van der Waals surface area contributed by atoms with Crippen molar-refractivity contribution in [2.75, 3.05) is 79.0 Å². The number of hydrogen-bond acceptors (Lipinski definition) is 14. The van der Waals surface area contributed by atoms with Crippen LogP contribution in [0.5, 0.6) is 11.6 Å². The normalized spacial score (nSPS) is 17.8.